The van der Waals surface area contributed by atoms with Crippen LogP contribution >= 0.6 is 0 Å². The smallest absolute Gasteiger partial charge is 0.259 e. The average Bonchev–Trinajstić information content (AvgIpc) is 3.56. The second-order valence-electron chi connectivity index (χ2n) is 9.90. The summed E-state index contributed by atoms with van der Waals surface area (Å²) in [5, 5.41) is 3.02. The van der Waals surface area contributed by atoms with Crippen molar-refractivity contribution in [3.63, 3.8) is 0 Å². The number of carbonyl (C=O) groups excluding carboxylic acids is 2. The number of aromatic nitrogens is 1. The third kappa shape index (κ3) is 4.09. The molecule has 0 spiro atoms. The molecule has 2 amide bonds. The highest BCUT2D eigenvalue weighted by molar-refractivity contribution is 5.99. The van der Waals surface area contributed by atoms with Crippen molar-refractivity contribution < 1.29 is 9.59 Å². The number of allylic oxidation sites excluding steroid dienone is 2. The van der Waals surface area contributed by atoms with Gasteiger partial charge in [-0.25, -0.2) is 0 Å². The van der Waals surface area contributed by atoms with E-state index in [1.165, 1.54) is 12.8 Å². The Bertz CT molecular complexity index is 938. The van der Waals surface area contributed by atoms with E-state index >= 15 is 0 Å². The van der Waals surface area contributed by atoms with Gasteiger partial charge in [-0.05, 0) is 56.3 Å². The lowest BCUT2D eigenvalue weighted by atomic mass is 9.93. The van der Waals surface area contributed by atoms with Crippen LogP contribution in [0, 0.1) is 17.8 Å². The largest absolute Gasteiger partial charge is 0.352 e. The maximum Gasteiger partial charge on any atom is 0.259 e. The minimum Gasteiger partial charge on any atom is -0.352 e. The summed E-state index contributed by atoms with van der Waals surface area (Å²) in [6.45, 7) is 1.98. The number of hydrogen-bond acceptors (Lipinski definition) is 3. The molecule has 1 aromatic rings. The molecular weight excluding hydrogens is 390 g/mol. The minimum atomic E-state index is -0.422. The standard InChI is InChI=1S/C25H33N3O3/c29-23-21(24(30)26-14-19-13-17-8-9-18(19)12-17)15-28(20-6-2-1-3-7-20)16-22(23)25(31)27-10-4-5-11-27/h8-9,15-20H,1-7,10-14H2,(H,26,30)/t17-,18+,19-/m0/s1. The number of pyridine rings is 1. The number of fused-ring (bicyclic) bond motifs is 2. The number of likely N-dealkylation sites (tertiary alicyclic amines) is 1. The summed E-state index contributed by atoms with van der Waals surface area (Å²) in [4.78, 5) is 41.2. The molecular formula is C25H33N3O3. The van der Waals surface area contributed by atoms with Gasteiger partial charge < -0.3 is 14.8 Å². The number of carbonyl (C=O) groups is 2. The molecule has 31 heavy (non-hydrogen) atoms. The first kappa shape index (κ1) is 20.5. The molecule has 5 rings (SSSR count). The van der Waals surface area contributed by atoms with Crippen LogP contribution in [0.15, 0.2) is 29.3 Å². The van der Waals surface area contributed by atoms with E-state index in [0.29, 0.717) is 37.4 Å². The van der Waals surface area contributed by atoms with Gasteiger partial charge in [-0.1, -0.05) is 31.4 Å². The van der Waals surface area contributed by atoms with Gasteiger partial charge in [0, 0.05) is 38.1 Å². The van der Waals surface area contributed by atoms with Crippen LogP contribution < -0.4 is 10.7 Å². The predicted octanol–water partition coefficient (Wildman–Crippen LogP) is 3.53. The van der Waals surface area contributed by atoms with Gasteiger partial charge in [0.1, 0.15) is 11.1 Å². The molecule has 3 atom stereocenters. The van der Waals surface area contributed by atoms with E-state index in [-0.39, 0.29) is 29.0 Å². The Morgan fingerprint density at radius 2 is 1.68 bits per heavy atom. The Kier molecular flexibility index (Phi) is 5.72. The molecule has 6 heteroatoms. The maximum absolute atomic E-state index is 13.2. The predicted molar refractivity (Wildman–Crippen MR) is 119 cm³/mol. The molecule has 1 saturated heterocycles. The van der Waals surface area contributed by atoms with Crippen LogP contribution in [-0.2, 0) is 0 Å². The number of nitrogens with zero attached hydrogens (tertiary/aromatic N) is 2. The van der Waals surface area contributed by atoms with Crippen molar-refractivity contribution in [2.45, 2.75) is 63.8 Å². The lowest BCUT2D eigenvalue weighted by molar-refractivity contribution is 0.0790. The molecule has 3 fully saturated rings. The van der Waals surface area contributed by atoms with Gasteiger partial charge in [0.2, 0.25) is 5.43 Å². The molecule has 1 N–H and O–H groups in total. The zero-order chi connectivity index (χ0) is 21.4. The zero-order valence-corrected chi connectivity index (χ0v) is 18.2. The third-order valence-electron chi connectivity index (χ3n) is 7.85. The minimum absolute atomic E-state index is 0.120. The SMILES string of the molecule is O=C(NC[C@@H]1C[C@H]2C=C[C@@H]1C2)c1cn(C2CCCCC2)cc(C(=O)N2CCCC2)c1=O. The first-order chi connectivity index (χ1) is 15.1. The number of nitrogens with one attached hydrogen (secondary N) is 1. The molecule has 0 aromatic carbocycles. The van der Waals surface area contributed by atoms with Gasteiger partial charge in [-0.2, -0.15) is 0 Å². The van der Waals surface area contributed by atoms with Crippen molar-refractivity contribution in [2.24, 2.45) is 17.8 Å². The van der Waals surface area contributed by atoms with Crippen molar-refractivity contribution in [2.75, 3.05) is 19.6 Å². The van der Waals surface area contributed by atoms with Gasteiger partial charge in [0.25, 0.3) is 11.8 Å². The summed E-state index contributed by atoms with van der Waals surface area (Å²) in [5.74, 6) is 1.09. The second kappa shape index (κ2) is 8.64. The van der Waals surface area contributed by atoms with E-state index in [1.807, 2.05) is 4.57 Å². The van der Waals surface area contributed by atoms with Crippen molar-refractivity contribution >= 4 is 11.8 Å². The quantitative estimate of drug-likeness (QED) is 0.737. The summed E-state index contributed by atoms with van der Waals surface area (Å²) in [6.07, 6.45) is 17.8. The van der Waals surface area contributed by atoms with Crippen LogP contribution in [0.4, 0.5) is 0 Å². The Labute approximate surface area is 183 Å². The molecule has 3 aliphatic carbocycles. The maximum atomic E-state index is 13.2. The van der Waals surface area contributed by atoms with Gasteiger partial charge >= 0.3 is 0 Å². The Morgan fingerprint density at radius 3 is 2.35 bits per heavy atom. The fourth-order valence-corrected chi connectivity index (χ4v) is 6.04. The summed E-state index contributed by atoms with van der Waals surface area (Å²) >= 11 is 0. The van der Waals surface area contributed by atoms with Crippen molar-refractivity contribution in [3.8, 4) is 0 Å². The Balaban J connectivity index is 1.40. The molecule has 1 aromatic heterocycles. The molecule has 0 radical (unpaired) electrons. The van der Waals surface area contributed by atoms with Crippen LogP contribution in [-0.4, -0.2) is 40.9 Å². The number of hydrogen-bond donors (Lipinski definition) is 1. The van der Waals surface area contributed by atoms with Crippen LogP contribution in [0.2, 0.25) is 0 Å². The monoisotopic (exact) mass is 423 g/mol. The van der Waals surface area contributed by atoms with Gasteiger partial charge in [-0.15, -0.1) is 0 Å². The summed E-state index contributed by atoms with van der Waals surface area (Å²) in [5.41, 5.74) is -0.147. The topological polar surface area (TPSA) is 71.4 Å². The van der Waals surface area contributed by atoms with Gasteiger partial charge in [0.05, 0.1) is 0 Å². The fourth-order valence-electron chi connectivity index (χ4n) is 6.04. The van der Waals surface area contributed by atoms with E-state index in [0.717, 1.165) is 44.9 Å². The molecule has 166 valence electrons. The molecule has 1 aliphatic heterocycles. The molecule has 2 bridgehead atoms. The van der Waals surface area contributed by atoms with Crippen LogP contribution in [0.1, 0.15) is 84.5 Å². The van der Waals surface area contributed by atoms with Gasteiger partial charge in [-0.3, -0.25) is 14.4 Å². The summed E-state index contributed by atoms with van der Waals surface area (Å²) < 4.78 is 1.99. The second-order valence-corrected chi connectivity index (χ2v) is 9.90. The van der Waals surface area contributed by atoms with Crippen LogP contribution in [0.3, 0.4) is 0 Å². The average molecular weight is 424 g/mol. The van der Waals surface area contributed by atoms with E-state index in [9.17, 15) is 14.4 Å². The van der Waals surface area contributed by atoms with Crippen LogP contribution in [0.5, 0.6) is 0 Å². The lowest BCUT2D eigenvalue weighted by Crippen LogP contribution is -2.38. The zero-order valence-electron chi connectivity index (χ0n) is 18.2. The third-order valence-corrected chi connectivity index (χ3v) is 7.85. The molecule has 0 unspecified atom stereocenters. The van der Waals surface area contributed by atoms with Gasteiger partial charge in [0.15, 0.2) is 0 Å². The summed E-state index contributed by atoms with van der Waals surface area (Å²) in [6, 6.07) is 0.252. The molecule has 4 aliphatic rings. The first-order valence-electron chi connectivity index (χ1n) is 12.1. The van der Waals surface area contributed by atoms with Crippen LogP contribution in [0.25, 0.3) is 0 Å². The van der Waals surface area contributed by atoms with E-state index in [1.54, 1.807) is 17.3 Å². The molecule has 2 saturated carbocycles. The fraction of sp³-hybridized carbons (Fsp3) is 0.640. The first-order valence-corrected chi connectivity index (χ1v) is 12.1. The number of rotatable bonds is 5. The molecule has 2 heterocycles. The van der Waals surface area contributed by atoms with E-state index < -0.39 is 5.43 Å². The lowest BCUT2D eigenvalue weighted by Gasteiger charge is -2.26. The Morgan fingerprint density at radius 1 is 0.935 bits per heavy atom. The Hall–Kier alpha value is -2.37. The van der Waals surface area contributed by atoms with Crippen molar-refractivity contribution in [1.29, 1.82) is 0 Å². The highest BCUT2D eigenvalue weighted by atomic mass is 16.2. The highest BCUT2D eigenvalue weighted by Crippen LogP contribution is 2.43. The number of amides is 2. The van der Waals surface area contributed by atoms with E-state index in [4.69, 9.17) is 0 Å². The molecule has 6 nitrogen and oxygen atoms in total. The normalized spacial score (nSPS) is 27.7. The van der Waals surface area contributed by atoms with Crippen molar-refractivity contribution in [1.82, 2.24) is 14.8 Å². The van der Waals surface area contributed by atoms with Crippen molar-refractivity contribution in [3.05, 3.63) is 45.9 Å². The highest BCUT2D eigenvalue weighted by Gasteiger charge is 2.36. The van der Waals surface area contributed by atoms with E-state index in [2.05, 4.69) is 17.5 Å². The summed E-state index contributed by atoms with van der Waals surface area (Å²) in [7, 11) is 0.